The summed E-state index contributed by atoms with van der Waals surface area (Å²) in [4.78, 5) is 12.3. The first-order chi connectivity index (χ1) is 9.08. The molecule has 0 amide bonds. The number of nitrogens with zero attached hydrogens (tertiary/aromatic N) is 2. The minimum Gasteiger partial charge on any atom is -0.287 e. The molecule has 0 N–H and O–H groups in total. The number of ketones is 1. The summed E-state index contributed by atoms with van der Waals surface area (Å²) in [5.74, 6) is -2.39. The molecule has 0 saturated carbocycles. The van der Waals surface area contributed by atoms with Gasteiger partial charge < -0.3 is 0 Å². The van der Waals surface area contributed by atoms with Gasteiger partial charge in [0.25, 0.3) is 0 Å². The predicted molar refractivity (Wildman–Crippen MR) is 67.1 cm³/mol. The molecule has 1 heterocycles. The van der Waals surface area contributed by atoms with E-state index in [4.69, 9.17) is 0 Å². The second kappa shape index (κ2) is 5.30. The van der Waals surface area contributed by atoms with Crippen LogP contribution < -0.4 is 0 Å². The van der Waals surface area contributed by atoms with Crippen LogP contribution in [0.15, 0.2) is 24.3 Å². The highest BCUT2D eigenvalue weighted by Gasteiger charge is 2.22. The molecule has 0 fully saturated rings. The largest absolute Gasteiger partial charge is 0.287 e. The molecule has 3 nitrogen and oxygen atoms in total. The minimum absolute atomic E-state index is 0.211. The number of rotatable bonds is 4. The van der Waals surface area contributed by atoms with Crippen LogP contribution in [-0.4, -0.2) is 15.6 Å². The first-order valence-corrected chi connectivity index (χ1v) is 6.13. The van der Waals surface area contributed by atoms with Crippen molar-refractivity contribution in [1.82, 2.24) is 9.78 Å². The van der Waals surface area contributed by atoms with Gasteiger partial charge in [0.15, 0.2) is 0 Å². The van der Waals surface area contributed by atoms with E-state index in [9.17, 15) is 13.6 Å². The first kappa shape index (κ1) is 13.4. The fourth-order valence-corrected chi connectivity index (χ4v) is 1.91. The Morgan fingerprint density at radius 2 is 1.89 bits per heavy atom. The summed E-state index contributed by atoms with van der Waals surface area (Å²) < 4.78 is 28.7. The number of aryl methyl sites for hydroxylation is 2. The standard InChI is InChI=1S/C14H14F2N2O/c1-3-9-8-12(18(4-2)17-9)14(19)13-10(15)6-5-7-11(13)16/h5-8H,3-4H2,1-2H3. The molecule has 0 aliphatic rings. The number of carbonyl (C=O) groups is 1. The zero-order valence-corrected chi connectivity index (χ0v) is 10.8. The highest BCUT2D eigenvalue weighted by atomic mass is 19.1. The topological polar surface area (TPSA) is 34.9 Å². The van der Waals surface area contributed by atoms with E-state index in [0.29, 0.717) is 13.0 Å². The van der Waals surface area contributed by atoms with Gasteiger partial charge in [0.1, 0.15) is 17.3 Å². The third-order valence-corrected chi connectivity index (χ3v) is 2.91. The summed E-state index contributed by atoms with van der Waals surface area (Å²) in [5.41, 5.74) is 0.407. The molecule has 1 aromatic carbocycles. The van der Waals surface area contributed by atoms with Gasteiger partial charge in [0.05, 0.1) is 11.3 Å². The van der Waals surface area contributed by atoms with Crippen molar-refractivity contribution in [3.63, 3.8) is 0 Å². The summed E-state index contributed by atoms with van der Waals surface area (Å²) in [6.45, 7) is 4.19. The molecule has 0 atom stereocenters. The van der Waals surface area contributed by atoms with E-state index in [1.165, 1.54) is 10.7 Å². The first-order valence-electron chi connectivity index (χ1n) is 6.13. The van der Waals surface area contributed by atoms with E-state index in [1.807, 2.05) is 13.8 Å². The summed E-state index contributed by atoms with van der Waals surface area (Å²) >= 11 is 0. The number of hydrogen-bond donors (Lipinski definition) is 0. The molecule has 0 spiro atoms. The van der Waals surface area contributed by atoms with Crippen LogP contribution in [0.4, 0.5) is 8.78 Å². The fourth-order valence-electron chi connectivity index (χ4n) is 1.91. The van der Waals surface area contributed by atoms with Crippen molar-refractivity contribution in [2.45, 2.75) is 26.8 Å². The second-order valence-corrected chi connectivity index (χ2v) is 4.12. The molecule has 19 heavy (non-hydrogen) atoms. The Morgan fingerprint density at radius 3 is 2.42 bits per heavy atom. The summed E-state index contributed by atoms with van der Waals surface area (Å²) in [6.07, 6.45) is 0.660. The molecular formula is C14H14F2N2O. The number of halogens is 2. The molecule has 2 rings (SSSR count). The molecule has 0 bridgehead atoms. The lowest BCUT2D eigenvalue weighted by Crippen LogP contribution is -2.13. The normalized spacial score (nSPS) is 10.7. The lowest BCUT2D eigenvalue weighted by molar-refractivity contribution is 0.102. The van der Waals surface area contributed by atoms with Crippen molar-refractivity contribution >= 4 is 5.78 Å². The van der Waals surface area contributed by atoms with E-state index in [-0.39, 0.29) is 5.69 Å². The van der Waals surface area contributed by atoms with Crippen molar-refractivity contribution in [3.8, 4) is 0 Å². The van der Waals surface area contributed by atoms with Gasteiger partial charge in [-0.1, -0.05) is 13.0 Å². The van der Waals surface area contributed by atoms with E-state index >= 15 is 0 Å². The molecule has 2 aromatic rings. The molecule has 5 heteroatoms. The average molecular weight is 264 g/mol. The molecule has 1 aromatic heterocycles. The molecule has 0 aliphatic heterocycles. The van der Waals surface area contributed by atoms with Crippen LogP contribution in [0.1, 0.15) is 35.6 Å². The maximum absolute atomic E-state index is 13.6. The Labute approximate surface area is 109 Å². The van der Waals surface area contributed by atoms with Crippen molar-refractivity contribution < 1.29 is 13.6 Å². The number of carbonyl (C=O) groups excluding carboxylic acids is 1. The number of aromatic nitrogens is 2. The van der Waals surface area contributed by atoms with Crippen LogP contribution in [0.2, 0.25) is 0 Å². The van der Waals surface area contributed by atoms with Gasteiger partial charge in [-0.15, -0.1) is 0 Å². The molecule has 0 saturated heterocycles. The van der Waals surface area contributed by atoms with Crippen molar-refractivity contribution in [3.05, 3.63) is 52.9 Å². The second-order valence-electron chi connectivity index (χ2n) is 4.12. The number of benzene rings is 1. The summed E-state index contributed by atoms with van der Waals surface area (Å²) in [7, 11) is 0. The molecule has 0 unspecified atom stereocenters. The van der Waals surface area contributed by atoms with Crippen LogP contribution in [0.25, 0.3) is 0 Å². The fraction of sp³-hybridized carbons (Fsp3) is 0.286. The Balaban J connectivity index is 2.53. The van der Waals surface area contributed by atoms with Crippen LogP contribution in [0.5, 0.6) is 0 Å². The van der Waals surface area contributed by atoms with E-state index in [1.54, 1.807) is 6.07 Å². The van der Waals surface area contributed by atoms with Gasteiger partial charge in [-0.05, 0) is 31.5 Å². The lowest BCUT2D eigenvalue weighted by atomic mass is 10.1. The highest BCUT2D eigenvalue weighted by molar-refractivity contribution is 6.08. The van der Waals surface area contributed by atoms with Crippen LogP contribution in [-0.2, 0) is 13.0 Å². The van der Waals surface area contributed by atoms with Crippen LogP contribution >= 0.6 is 0 Å². The Kier molecular flexibility index (Phi) is 3.74. The molecule has 0 aliphatic carbocycles. The van der Waals surface area contributed by atoms with Crippen molar-refractivity contribution in [2.75, 3.05) is 0 Å². The zero-order chi connectivity index (χ0) is 14.0. The van der Waals surface area contributed by atoms with Gasteiger partial charge in [-0.2, -0.15) is 5.10 Å². The summed E-state index contributed by atoms with van der Waals surface area (Å²) in [6, 6.07) is 4.96. The average Bonchev–Trinajstić information content (AvgIpc) is 2.81. The van der Waals surface area contributed by atoms with Gasteiger partial charge in [0, 0.05) is 6.54 Å². The van der Waals surface area contributed by atoms with Crippen LogP contribution in [0.3, 0.4) is 0 Å². The van der Waals surface area contributed by atoms with Gasteiger partial charge in [-0.3, -0.25) is 9.48 Å². The minimum atomic E-state index is -0.855. The van der Waals surface area contributed by atoms with E-state index < -0.39 is 23.0 Å². The monoisotopic (exact) mass is 264 g/mol. The maximum Gasteiger partial charge on any atom is 0.216 e. The van der Waals surface area contributed by atoms with Gasteiger partial charge >= 0.3 is 0 Å². The van der Waals surface area contributed by atoms with Crippen LogP contribution in [0, 0.1) is 11.6 Å². The molecule has 0 radical (unpaired) electrons. The Morgan fingerprint density at radius 1 is 1.26 bits per heavy atom. The maximum atomic E-state index is 13.6. The zero-order valence-electron chi connectivity index (χ0n) is 10.8. The van der Waals surface area contributed by atoms with Crippen molar-refractivity contribution in [1.29, 1.82) is 0 Å². The third kappa shape index (κ3) is 2.41. The van der Waals surface area contributed by atoms with Crippen molar-refractivity contribution in [2.24, 2.45) is 0 Å². The smallest absolute Gasteiger partial charge is 0.216 e. The SMILES string of the molecule is CCc1cc(C(=O)c2c(F)cccc2F)n(CC)n1. The summed E-state index contributed by atoms with van der Waals surface area (Å²) in [5, 5.41) is 4.20. The lowest BCUT2D eigenvalue weighted by Gasteiger charge is -2.05. The molecule has 100 valence electrons. The number of hydrogen-bond acceptors (Lipinski definition) is 2. The van der Waals surface area contributed by atoms with E-state index in [2.05, 4.69) is 5.10 Å². The Bertz CT molecular complexity index is 600. The Hall–Kier alpha value is -2.04. The molecular weight excluding hydrogens is 250 g/mol. The van der Waals surface area contributed by atoms with E-state index in [0.717, 1.165) is 17.8 Å². The highest BCUT2D eigenvalue weighted by Crippen LogP contribution is 2.18. The van der Waals surface area contributed by atoms with Gasteiger partial charge in [-0.25, -0.2) is 8.78 Å². The van der Waals surface area contributed by atoms with Gasteiger partial charge in [0.2, 0.25) is 5.78 Å². The quantitative estimate of drug-likeness (QED) is 0.796. The third-order valence-electron chi connectivity index (χ3n) is 2.91. The predicted octanol–water partition coefficient (Wildman–Crippen LogP) is 2.97.